The van der Waals surface area contributed by atoms with Crippen molar-refractivity contribution in [2.75, 3.05) is 26.0 Å². The van der Waals surface area contributed by atoms with Gasteiger partial charge in [-0.2, -0.15) is 4.98 Å². The van der Waals surface area contributed by atoms with E-state index in [4.69, 9.17) is 4.52 Å². The first-order valence-electron chi connectivity index (χ1n) is 5.34. The molecule has 1 saturated carbocycles. The maximum atomic E-state index is 5.02. The van der Waals surface area contributed by atoms with Crippen LogP contribution in [0, 0.1) is 6.92 Å². The average molecular weight is 210 g/mol. The molecule has 0 amide bonds. The summed E-state index contributed by atoms with van der Waals surface area (Å²) >= 11 is 0. The van der Waals surface area contributed by atoms with E-state index >= 15 is 0 Å². The molecule has 0 aromatic carbocycles. The molecule has 1 aliphatic carbocycles. The molecule has 1 aliphatic rings. The summed E-state index contributed by atoms with van der Waals surface area (Å²) in [6.45, 7) is 2.70. The lowest BCUT2D eigenvalue weighted by Crippen LogP contribution is -2.54. The summed E-state index contributed by atoms with van der Waals surface area (Å²) in [4.78, 5) is 6.41. The van der Waals surface area contributed by atoms with Crippen LogP contribution < -0.4 is 5.32 Å². The molecule has 5 nitrogen and oxygen atoms in total. The van der Waals surface area contributed by atoms with Crippen molar-refractivity contribution in [2.24, 2.45) is 0 Å². The SMILES string of the molecule is Cc1noc(NCC2(N(C)C)CCC2)n1. The lowest BCUT2D eigenvalue weighted by Gasteiger charge is -2.47. The molecule has 2 rings (SSSR count). The molecule has 0 atom stereocenters. The Morgan fingerprint density at radius 3 is 2.60 bits per heavy atom. The predicted molar refractivity (Wildman–Crippen MR) is 57.8 cm³/mol. The van der Waals surface area contributed by atoms with Crippen LogP contribution in [-0.2, 0) is 0 Å². The molecular formula is C10H18N4O. The first-order chi connectivity index (χ1) is 7.12. The fourth-order valence-electron chi connectivity index (χ4n) is 1.98. The summed E-state index contributed by atoms with van der Waals surface area (Å²) in [6, 6.07) is 0.528. The van der Waals surface area contributed by atoms with E-state index in [1.807, 2.05) is 6.92 Å². The first kappa shape index (κ1) is 10.4. The Morgan fingerprint density at radius 1 is 1.47 bits per heavy atom. The van der Waals surface area contributed by atoms with E-state index in [0.29, 0.717) is 11.8 Å². The van der Waals surface area contributed by atoms with Crippen LogP contribution in [0.4, 0.5) is 6.01 Å². The number of nitrogens with zero attached hydrogens (tertiary/aromatic N) is 3. The van der Waals surface area contributed by atoms with Crippen molar-refractivity contribution in [3.8, 4) is 0 Å². The zero-order valence-corrected chi connectivity index (χ0v) is 9.58. The van der Waals surface area contributed by atoms with Crippen LogP contribution >= 0.6 is 0 Å². The molecule has 1 aromatic heterocycles. The van der Waals surface area contributed by atoms with Gasteiger partial charge in [0.2, 0.25) is 0 Å². The van der Waals surface area contributed by atoms with E-state index < -0.39 is 0 Å². The van der Waals surface area contributed by atoms with Crippen LogP contribution in [0.15, 0.2) is 4.52 Å². The minimum Gasteiger partial charge on any atom is -0.336 e. The minimum absolute atomic E-state index is 0.280. The van der Waals surface area contributed by atoms with E-state index in [1.54, 1.807) is 0 Å². The fraction of sp³-hybridized carbons (Fsp3) is 0.800. The Morgan fingerprint density at radius 2 is 2.20 bits per heavy atom. The zero-order chi connectivity index (χ0) is 10.9. The largest absolute Gasteiger partial charge is 0.336 e. The summed E-state index contributed by atoms with van der Waals surface area (Å²) in [5.41, 5.74) is 0.280. The fourth-order valence-corrected chi connectivity index (χ4v) is 1.98. The Kier molecular flexibility index (Phi) is 2.65. The maximum absolute atomic E-state index is 5.02. The third kappa shape index (κ3) is 1.97. The Hall–Kier alpha value is -1.10. The van der Waals surface area contributed by atoms with E-state index in [0.717, 1.165) is 6.54 Å². The molecule has 1 aromatic rings. The van der Waals surface area contributed by atoms with Crippen molar-refractivity contribution in [3.63, 3.8) is 0 Å². The summed E-state index contributed by atoms with van der Waals surface area (Å²) in [7, 11) is 4.25. The standard InChI is InChI=1S/C10H18N4O/c1-8-12-9(15-13-8)11-7-10(14(2)3)5-4-6-10/h4-7H2,1-3H3,(H,11,12,13). The number of nitrogens with one attached hydrogen (secondary N) is 1. The second-order valence-corrected chi connectivity index (χ2v) is 4.47. The third-order valence-electron chi connectivity index (χ3n) is 3.33. The molecule has 0 unspecified atom stereocenters. The summed E-state index contributed by atoms with van der Waals surface area (Å²) < 4.78 is 5.02. The van der Waals surface area contributed by atoms with Crippen molar-refractivity contribution in [3.05, 3.63) is 5.82 Å². The Bertz CT molecular complexity index is 330. The van der Waals surface area contributed by atoms with E-state index in [9.17, 15) is 0 Å². The van der Waals surface area contributed by atoms with Crippen LogP contribution in [-0.4, -0.2) is 41.2 Å². The van der Waals surface area contributed by atoms with Gasteiger partial charge in [0.05, 0.1) is 0 Å². The molecule has 0 saturated heterocycles. The van der Waals surface area contributed by atoms with Crippen molar-refractivity contribution < 1.29 is 4.52 Å². The van der Waals surface area contributed by atoms with Crippen molar-refractivity contribution in [2.45, 2.75) is 31.7 Å². The predicted octanol–water partition coefficient (Wildman–Crippen LogP) is 1.27. The molecule has 0 radical (unpaired) electrons. The minimum atomic E-state index is 0.280. The van der Waals surface area contributed by atoms with Gasteiger partial charge < -0.3 is 14.7 Å². The van der Waals surface area contributed by atoms with Gasteiger partial charge in [-0.25, -0.2) is 0 Å². The lowest BCUT2D eigenvalue weighted by atomic mass is 9.75. The van der Waals surface area contributed by atoms with Gasteiger partial charge in [0.25, 0.3) is 0 Å². The molecule has 1 heterocycles. The van der Waals surface area contributed by atoms with Crippen LogP contribution in [0.5, 0.6) is 0 Å². The highest BCUT2D eigenvalue weighted by atomic mass is 16.5. The molecule has 0 spiro atoms. The summed E-state index contributed by atoms with van der Waals surface area (Å²) in [5.74, 6) is 0.671. The molecule has 0 aliphatic heterocycles. The van der Waals surface area contributed by atoms with Gasteiger partial charge in [0, 0.05) is 12.1 Å². The number of hydrogen-bond acceptors (Lipinski definition) is 5. The van der Waals surface area contributed by atoms with Crippen molar-refractivity contribution >= 4 is 6.01 Å². The van der Waals surface area contributed by atoms with Crippen LogP contribution in [0.3, 0.4) is 0 Å². The quantitative estimate of drug-likeness (QED) is 0.811. The van der Waals surface area contributed by atoms with Gasteiger partial charge >= 0.3 is 6.01 Å². The molecule has 0 bridgehead atoms. The van der Waals surface area contributed by atoms with Gasteiger partial charge in [-0.05, 0) is 40.3 Å². The number of rotatable bonds is 4. The highest BCUT2D eigenvalue weighted by Gasteiger charge is 2.39. The molecule has 84 valence electrons. The molecule has 15 heavy (non-hydrogen) atoms. The highest BCUT2D eigenvalue weighted by molar-refractivity contribution is 5.20. The van der Waals surface area contributed by atoms with E-state index in [2.05, 4.69) is 34.5 Å². The zero-order valence-electron chi connectivity index (χ0n) is 9.58. The van der Waals surface area contributed by atoms with Crippen molar-refractivity contribution in [1.29, 1.82) is 0 Å². The normalized spacial score (nSPS) is 18.9. The third-order valence-corrected chi connectivity index (χ3v) is 3.33. The number of hydrogen-bond donors (Lipinski definition) is 1. The van der Waals surface area contributed by atoms with Crippen LogP contribution in [0.1, 0.15) is 25.1 Å². The average Bonchev–Trinajstić information content (AvgIpc) is 2.49. The Balaban J connectivity index is 1.92. The number of aromatic nitrogens is 2. The molecule has 1 N–H and O–H groups in total. The second-order valence-electron chi connectivity index (χ2n) is 4.47. The lowest BCUT2D eigenvalue weighted by molar-refractivity contribution is 0.0732. The van der Waals surface area contributed by atoms with E-state index in [1.165, 1.54) is 19.3 Å². The van der Waals surface area contributed by atoms with Crippen LogP contribution in [0.2, 0.25) is 0 Å². The molecular weight excluding hydrogens is 192 g/mol. The smallest absolute Gasteiger partial charge is 0.321 e. The van der Waals surface area contributed by atoms with E-state index in [-0.39, 0.29) is 5.54 Å². The number of aryl methyl sites for hydroxylation is 1. The highest BCUT2D eigenvalue weighted by Crippen LogP contribution is 2.36. The van der Waals surface area contributed by atoms with Gasteiger partial charge in [0.1, 0.15) is 0 Å². The second kappa shape index (κ2) is 3.81. The van der Waals surface area contributed by atoms with Gasteiger partial charge in [-0.1, -0.05) is 5.16 Å². The Labute approximate surface area is 89.8 Å². The number of anilines is 1. The summed E-state index contributed by atoms with van der Waals surface area (Å²) in [6.07, 6.45) is 3.78. The first-order valence-corrected chi connectivity index (χ1v) is 5.34. The monoisotopic (exact) mass is 210 g/mol. The van der Waals surface area contributed by atoms with Gasteiger partial charge in [-0.15, -0.1) is 0 Å². The van der Waals surface area contributed by atoms with Crippen LogP contribution in [0.25, 0.3) is 0 Å². The molecule has 1 fully saturated rings. The van der Waals surface area contributed by atoms with Gasteiger partial charge in [-0.3, -0.25) is 0 Å². The van der Waals surface area contributed by atoms with Crippen molar-refractivity contribution in [1.82, 2.24) is 15.0 Å². The summed E-state index contributed by atoms with van der Waals surface area (Å²) in [5, 5.41) is 6.95. The molecule has 5 heteroatoms. The maximum Gasteiger partial charge on any atom is 0.321 e. The topological polar surface area (TPSA) is 54.2 Å². The number of likely N-dealkylation sites (N-methyl/N-ethyl adjacent to an activating group) is 1. The van der Waals surface area contributed by atoms with Gasteiger partial charge in [0.15, 0.2) is 5.82 Å².